The highest BCUT2D eigenvalue weighted by atomic mass is 16.3. The second-order valence-electron chi connectivity index (χ2n) is 6.52. The molecule has 0 spiro atoms. The third-order valence-corrected chi connectivity index (χ3v) is 4.72. The zero-order chi connectivity index (χ0) is 16.8. The lowest BCUT2D eigenvalue weighted by atomic mass is 9.88. The summed E-state index contributed by atoms with van der Waals surface area (Å²) in [5.41, 5.74) is 1.22. The number of hydrogen-bond acceptors (Lipinski definition) is 3. The first-order chi connectivity index (χ1) is 11.7. The molecule has 1 N–H and O–H groups in total. The Kier molecular flexibility index (Phi) is 5.64. The number of aliphatic hydroxyl groups excluding tert-OH is 1. The molecule has 0 bridgehead atoms. The highest BCUT2D eigenvalue weighted by Gasteiger charge is 2.29. The quantitative estimate of drug-likeness (QED) is 0.884. The molecule has 0 aliphatic carbocycles. The molecule has 1 aliphatic rings. The van der Waals surface area contributed by atoms with Gasteiger partial charge in [0.1, 0.15) is 0 Å². The number of carbonyl (C=O) groups is 1. The van der Waals surface area contributed by atoms with Gasteiger partial charge in [-0.1, -0.05) is 30.3 Å². The zero-order valence-corrected chi connectivity index (χ0v) is 13.9. The van der Waals surface area contributed by atoms with Crippen molar-refractivity contribution >= 4 is 5.91 Å². The number of likely N-dealkylation sites (tertiary alicyclic amines) is 1. The maximum atomic E-state index is 12.4. The van der Waals surface area contributed by atoms with E-state index < -0.39 is 0 Å². The lowest BCUT2D eigenvalue weighted by Crippen LogP contribution is -2.46. The Morgan fingerprint density at radius 3 is 2.83 bits per heavy atom. The van der Waals surface area contributed by atoms with E-state index in [4.69, 9.17) is 0 Å². The van der Waals surface area contributed by atoms with Crippen LogP contribution in [-0.4, -0.2) is 44.9 Å². The molecule has 2 aromatic rings. The molecule has 1 aromatic carbocycles. The van der Waals surface area contributed by atoms with Crippen molar-refractivity contribution in [3.05, 3.63) is 54.4 Å². The fourth-order valence-corrected chi connectivity index (χ4v) is 3.35. The first kappa shape index (κ1) is 16.7. The normalized spacial score (nSPS) is 21.0. The van der Waals surface area contributed by atoms with Crippen LogP contribution in [0.3, 0.4) is 0 Å². The average molecular weight is 327 g/mol. The van der Waals surface area contributed by atoms with Gasteiger partial charge < -0.3 is 10.0 Å². The molecule has 24 heavy (non-hydrogen) atoms. The number of benzene rings is 1. The van der Waals surface area contributed by atoms with Gasteiger partial charge in [0.05, 0.1) is 6.10 Å². The molecule has 1 fully saturated rings. The third-order valence-electron chi connectivity index (χ3n) is 4.72. The molecular weight excluding hydrogens is 302 g/mol. The van der Waals surface area contributed by atoms with Crippen LogP contribution >= 0.6 is 0 Å². The van der Waals surface area contributed by atoms with Gasteiger partial charge in [-0.25, -0.2) is 0 Å². The van der Waals surface area contributed by atoms with Crippen LogP contribution in [0.15, 0.2) is 48.8 Å². The highest BCUT2D eigenvalue weighted by molar-refractivity contribution is 5.76. The van der Waals surface area contributed by atoms with Crippen molar-refractivity contribution in [1.82, 2.24) is 14.7 Å². The number of aryl methyl sites for hydroxylation is 1. The van der Waals surface area contributed by atoms with E-state index in [-0.39, 0.29) is 17.9 Å². The second-order valence-corrected chi connectivity index (χ2v) is 6.52. The Labute approximate surface area is 142 Å². The first-order valence-corrected chi connectivity index (χ1v) is 8.69. The van der Waals surface area contributed by atoms with Gasteiger partial charge in [-0.05, 0) is 30.9 Å². The number of rotatable bonds is 6. The Bertz CT molecular complexity index is 627. The molecule has 3 rings (SSSR count). The number of aromatic nitrogens is 2. The van der Waals surface area contributed by atoms with Gasteiger partial charge in [0, 0.05) is 44.4 Å². The predicted octanol–water partition coefficient (Wildman–Crippen LogP) is 2.12. The summed E-state index contributed by atoms with van der Waals surface area (Å²) in [7, 11) is 0. The van der Waals surface area contributed by atoms with Gasteiger partial charge in [0.15, 0.2) is 0 Å². The largest absolute Gasteiger partial charge is 0.393 e. The van der Waals surface area contributed by atoms with E-state index in [1.807, 2.05) is 40.0 Å². The second kappa shape index (κ2) is 8.11. The topological polar surface area (TPSA) is 58.4 Å². The minimum atomic E-state index is -0.321. The molecule has 128 valence electrons. The number of aliphatic hydroxyl groups is 1. The summed E-state index contributed by atoms with van der Waals surface area (Å²) in [5, 5.41) is 14.4. The van der Waals surface area contributed by atoms with Crippen molar-refractivity contribution in [3.8, 4) is 0 Å². The highest BCUT2D eigenvalue weighted by Crippen LogP contribution is 2.22. The van der Waals surface area contributed by atoms with Crippen molar-refractivity contribution in [2.75, 3.05) is 13.1 Å². The summed E-state index contributed by atoms with van der Waals surface area (Å²) < 4.78 is 1.85. The van der Waals surface area contributed by atoms with Gasteiger partial charge in [-0.15, -0.1) is 0 Å². The smallest absolute Gasteiger partial charge is 0.222 e. The molecule has 1 aromatic heterocycles. The van der Waals surface area contributed by atoms with Gasteiger partial charge in [0.25, 0.3) is 0 Å². The molecule has 5 nitrogen and oxygen atoms in total. The summed E-state index contributed by atoms with van der Waals surface area (Å²) in [4.78, 5) is 14.4. The standard InChI is InChI=1S/C19H25N3O2/c23-18-9-13-21(15-17(18)14-16-6-2-1-3-7-16)19(24)8-4-11-22-12-5-10-20-22/h1-3,5-7,10,12,17-18,23H,4,8-9,11,13-15H2/t17-,18+/m1/s1. The molecule has 1 aliphatic heterocycles. The molecule has 0 unspecified atom stereocenters. The van der Waals surface area contributed by atoms with E-state index in [1.165, 1.54) is 5.56 Å². The maximum Gasteiger partial charge on any atom is 0.222 e. The lowest BCUT2D eigenvalue weighted by molar-refractivity contribution is -0.135. The summed E-state index contributed by atoms with van der Waals surface area (Å²) >= 11 is 0. The number of hydrogen-bond donors (Lipinski definition) is 1. The summed E-state index contributed by atoms with van der Waals surface area (Å²) in [6.45, 7) is 2.08. The summed E-state index contributed by atoms with van der Waals surface area (Å²) in [6, 6.07) is 12.1. The Morgan fingerprint density at radius 1 is 1.25 bits per heavy atom. The maximum absolute atomic E-state index is 12.4. The minimum Gasteiger partial charge on any atom is -0.393 e. The van der Waals surface area contributed by atoms with Gasteiger partial charge in [-0.2, -0.15) is 5.10 Å². The molecule has 2 heterocycles. The van der Waals surface area contributed by atoms with E-state index in [1.54, 1.807) is 6.20 Å². The fraction of sp³-hybridized carbons (Fsp3) is 0.474. The van der Waals surface area contributed by atoms with Crippen LogP contribution in [0.25, 0.3) is 0 Å². The molecule has 0 radical (unpaired) electrons. The molecule has 1 saturated heterocycles. The predicted molar refractivity (Wildman–Crippen MR) is 92.3 cm³/mol. The van der Waals surface area contributed by atoms with Crippen LogP contribution in [0.2, 0.25) is 0 Å². The van der Waals surface area contributed by atoms with Gasteiger partial charge in [0.2, 0.25) is 5.91 Å². The molecular formula is C19H25N3O2. The van der Waals surface area contributed by atoms with Gasteiger partial charge in [-0.3, -0.25) is 9.48 Å². The van der Waals surface area contributed by atoms with E-state index in [0.717, 1.165) is 19.4 Å². The van der Waals surface area contributed by atoms with Crippen LogP contribution < -0.4 is 0 Å². The number of nitrogens with zero attached hydrogens (tertiary/aromatic N) is 3. The van der Waals surface area contributed by atoms with Crippen LogP contribution in [0.1, 0.15) is 24.8 Å². The van der Waals surface area contributed by atoms with E-state index in [2.05, 4.69) is 17.2 Å². The third kappa shape index (κ3) is 4.45. The van der Waals surface area contributed by atoms with Crippen molar-refractivity contribution in [2.45, 2.75) is 38.3 Å². The summed E-state index contributed by atoms with van der Waals surface area (Å²) in [5.74, 6) is 0.309. The monoisotopic (exact) mass is 327 g/mol. The van der Waals surface area contributed by atoms with E-state index in [9.17, 15) is 9.90 Å². The van der Waals surface area contributed by atoms with Crippen molar-refractivity contribution in [1.29, 1.82) is 0 Å². The first-order valence-electron chi connectivity index (χ1n) is 8.69. The Balaban J connectivity index is 1.49. The number of piperidine rings is 1. The number of carbonyl (C=O) groups excluding carboxylic acids is 1. The molecule has 5 heteroatoms. The SMILES string of the molecule is O=C(CCCn1cccn1)N1CC[C@H](O)[C@H](Cc2ccccc2)C1. The Morgan fingerprint density at radius 2 is 2.08 bits per heavy atom. The average Bonchev–Trinajstić information content (AvgIpc) is 3.11. The zero-order valence-electron chi connectivity index (χ0n) is 13.9. The number of amides is 1. The van der Waals surface area contributed by atoms with Crippen LogP contribution in [-0.2, 0) is 17.8 Å². The van der Waals surface area contributed by atoms with Crippen molar-refractivity contribution < 1.29 is 9.90 Å². The van der Waals surface area contributed by atoms with Crippen LogP contribution in [0, 0.1) is 5.92 Å². The van der Waals surface area contributed by atoms with Crippen molar-refractivity contribution in [3.63, 3.8) is 0 Å². The fourth-order valence-electron chi connectivity index (χ4n) is 3.35. The molecule has 0 saturated carbocycles. The lowest BCUT2D eigenvalue weighted by Gasteiger charge is -2.36. The van der Waals surface area contributed by atoms with E-state index in [0.29, 0.717) is 25.9 Å². The Hall–Kier alpha value is -2.14. The molecule has 2 atom stereocenters. The minimum absolute atomic E-state index is 0.121. The van der Waals surface area contributed by atoms with Crippen molar-refractivity contribution in [2.24, 2.45) is 5.92 Å². The molecule has 1 amide bonds. The summed E-state index contributed by atoms with van der Waals surface area (Å²) in [6.07, 6.45) is 6.16. The van der Waals surface area contributed by atoms with E-state index >= 15 is 0 Å². The van der Waals surface area contributed by atoms with Crippen LogP contribution in [0.5, 0.6) is 0 Å². The van der Waals surface area contributed by atoms with Crippen LogP contribution in [0.4, 0.5) is 0 Å². The van der Waals surface area contributed by atoms with Gasteiger partial charge >= 0.3 is 0 Å².